The van der Waals surface area contributed by atoms with Crippen LogP contribution < -0.4 is 5.32 Å². The summed E-state index contributed by atoms with van der Waals surface area (Å²) in [5, 5.41) is 87.6. The largest absolute Gasteiger partial charge is 0.394 e. The van der Waals surface area contributed by atoms with Crippen molar-refractivity contribution in [1.82, 2.24) is 5.32 Å². The molecule has 1 amide bonds. The van der Waals surface area contributed by atoms with E-state index in [0.717, 1.165) is 116 Å². The van der Waals surface area contributed by atoms with Crippen molar-refractivity contribution >= 4 is 5.91 Å². The number of unbranched alkanes of at least 4 members (excludes halogenated alkanes) is 29. The summed E-state index contributed by atoms with van der Waals surface area (Å²) < 4.78 is 22.9. The molecule has 2 heterocycles. The fraction of sp³-hybridized carbons (Fsp3) is 0.693. The minimum absolute atomic E-state index is 0.255. The van der Waals surface area contributed by atoms with Crippen LogP contribution in [0.4, 0.5) is 0 Å². The SMILES string of the molecule is CC/C=C\C/C=C\C/C=C\C/C=C\C/C=C\C/C=C\C/C=C\C/C=C\C/C=C\C/C=C\CCCCCCCCCCCCC(=O)NC(COC1OC(CO)C(OC2OC(CO)C(O)C(O)C2O)C(O)C1O)C(O)/C=C/CC/C=C/CC/C=C/CCCCCCCCCCCCCCCCCCC. The molecule has 2 fully saturated rings. The lowest BCUT2D eigenvalue weighted by atomic mass is 9.97. The summed E-state index contributed by atoms with van der Waals surface area (Å²) in [5.41, 5.74) is 0. The molecule has 0 aromatic rings. The topological polar surface area (TPSA) is 228 Å². The molecular weight excluding hydrogens is 1280 g/mol. The summed E-state index contributed by atoms with van der Waals surface area (Å²) in [6, 6.07) is -0.953. The first-order valence-corrected chi connectivity index (χ1v) is 40.7. The molecule has 2 saturated heterocycles. The molecule has 14 nitrogen and oxygen atoms in total. The van der Waals surface area contributed by atoms with E-state index in [0.29, 0.717) is 12.8 Å². The van der Waals surface area contributed by atoms with Gasteiger partial charge in [-0.05, 0) is 122 Å². The van der Waals surface area contributed by atoms with Crippen LogP contribution >= 0.6 is 0 Å². The molecule has 0 aromatic heterocycles. The standard InChI is InChI=1S/C88H147NO13/c1-3-5-7-9-11-13-15-17-19-21-23-25-27-29-31-32-33-34-35-36-37-38-39-40-41-42-43-44-46-48-50-52-54-56-58-60-62-64-66-68-70-72-80(93)89-76(75-99-87-85(98)83(96)86(79(74-91)101-87)102-88-84(97)82(95)81(94)78(73-90)100-88)77(92)71-69-67-65-63-61-59-57-55-53-51-49-47-45-30-28-26-24-22-20-18-16-14-12-10-8-6-4-2/h5,7,11,13,17,19,23,25,29,31,33-34,36-37,39-40,42-43,46,48,53,55,61,63,69,71,76-79,81-88,90-92,94-98H,3-4,6,8-10,12,14-16,18,20-22,24,26-28,30,32,35,38,41,44-45,47,49-52,54,56-60,62,64-68,70,72-75H2,1-2H3,(H,89,93)/b7-5-,13-11-,19-17-,25-23-,31-29-,34-33-,37-36-,40-39-,43-42-,48-46-,55-53+,63-61+,71-69+. The van der Waals surface area contributed by atoms with Crippen LogP contribution in [-0.4, -0.2) is 140 Å². The van der Waals surface area contributed by atoms with Gasteiger partial charge in [-0.25, -0.2) is 0 Å². The van der Waals surface area contributed by atoms with Gasteiger partial charge in [-0.15, -0.1) is 0 Å². The van der Waals surface area contributed by atoms with Crippen LogP contribution in [0.1, 0.15) is 296 Å². The molecule has 0 aromatic carbocycles. The van der Waals surface area contributed by atoms with Crippen molar-refractivity contribution in [1.29, 1.82) is 0 Å². The van der Waals surface area contributed by atoms with Gasteiger partial charge in [-0.1, -0.05) is 326 Å². The second-order valence-electron chi connectivity index (χ2n) is 27.8. The highest BCUT2D eigenvalue weighted by Gasteiger charge is 2.51. The Morgan fingerprint density at radius 3 is 1.08 bits per heavy atom. The summed E-state index contributed by atoms with van der Waals surface area (Å²) in [5.74, 6) is -0.262. The molecule has 0 saturated carbocycles. The highest BCUT2D eigenvalue weighted by Crippen LogP contribution is 2.30. The molecule has 2 aliphatic heterocycles. The van der Waals surface area contributed by atoms with E-state index in [1.165, 1.54) is 148 Å². The molecule has 582 valence electrons. The van der Waals surface area contributed by atoms with E-state index in [4.69, 9.17) is 18.9 Å². The van der Waals surface area contributed by atoms with Crippen LogP contribution in [-0.2, 0) is 23.7 Å². The zero-order chi connectivity index (χ0) is 73.7. The van der Waals surface area contributed by atoms with E-state index in [1.54, 1.807) is 6.08 Å². The monoisotopic (exact) mass is 1430 g/mol. The van der Waals surface area contributed by atoms with Crippen molar-refractivity contribution < 1.29 is 64.6 Å². The van der Waals surface area contributed by atoms with Gasteiger partial charge in [-0.2, -0.15) is 0 Å². The average Bonchev–Trinajstić information content (AvgIpc) is 0.790. The Morgan fingerprint density at radius 2 is 0.686 bits per heavy atom. The summed E-state index contributed by atoms with van der Waals surface area (Å²) in [6.07, 6.45) is 90.3. The molecule has 0 spiro atoms. The molecular formula is C88H147NO13. The molecule has 0 bridgehead atoms. The minimum Gasteiger partial charge on any atom is -0.394 e. The third-order valence-electron chi connectivity index (χ3n) is 18.7. The van der Waals surface area contributed by atoms with Crippen molar-refractivity contribution in [3.05, 3.63) is 158 Å². The van der Waals surface area contributed by atoms with Crippen molar-refractivity contribution in [2.24, 2.45) is 0 Å². The number of nitrogens with one attached hydrogen (secondary N) is 1. The predicted molar refractivity (Wildman–Crippen MR) is 424 cm³/mol. The van der Waals surface area contributed by atoms with Crippen molar-refractivity contribution in [3.8, 4) is 0 Å². The molecule has 0 aliphatic carbocycles. The van der Waals surface area contributed by atoms with Gasteiger partial charge in [0.05, 0.1) is 32.0 Å². The van der Waals surface area contributed by atoms with Crippen LogP contribution in [0.2, 0.25) is 0 Å². The summed E-state index contributed by atoms with van der Waals surface area (Å²) in [7, 11) is 0. The average molecular weight is 1430 g/mol. The molecule has 2 aliphatic rings. The molecule has 0 radical (unpaired) electrons. The number of rotatable bonds is 66. The number of carbonyl (C=O) groups excluding carboxylic acids is 1. The van der Waals surface area contributed by atoms with Crippen molar-refractivity contribution in [2.45, 2.75) is 370 Å². The zero-order valence-electron chi connectivity index (χ0n) is 63.8. The lowest BCUT2D eigenvalue weighted by Crippen LogP contribution is -2.65. The van der Waals surface area contributed by atoms with E-state index in [9.17, 15) is 45.6 Å². The number of amides is 1. The van der Waals surface area contributed by atoms with E-state index in [-0.39, 0.29) is 18.9 Å². The maximum absolute atomic E-state index is 13.4. The molecule has 102 heavy (non-hydrogen) atoms. The molecule has 12 atom stereocenters. The Hall–Kier alpha value is -4.39. The highest BCUT2D eigenvalue weighted by molar-refractivity contribution is 5.76. The van der Waals surface area contributed by atoms with Gasteiger partial charge in [0.2, 0.25) is 5.91 Å². The minimum atomic E-state index is -1.80. The number of aliphatic hydroxyl groups is 8. The van der Waals surface area contributed by atoms with Gasteiger partial charge in [0, 0.05) is 6.42 Å². The molecule has 9 N–H and O–H groups in total. The Labute approximate surface area is 620 Å². The van der Waals surface area contributed by atoms with E-state index in [2.05, 4.69) is 165 Å². The number of hydrogen-bond donors (Lipinski definition) is 9. The zero-order valence-corrected chi connectivity index (χ0v) is 63.8. The first-order chi connectivity index (χ1) is 50.1. The maximum Gasteiger partial charge on any atom is 0.220 e. The van der Waals surface area contributed by atoms with Crippen LogP contribution in [0.15, 0.2) is 158 Å². The van der Waals surface area contributed by atoms with Crippen LogP contribution in [0.3, 0.4) is 0 Å². The number of allylic oxidation sites excluding steroid dienone is 25. The van der Waals surface area contributed by atoms with E-state index in [1.807, 2.05) is 6.08 Å². The van der Waals surface area contributed by atoms with Crippen LogP contribution in [0.5, 0.6) is 0 Å². The smallest absolute Gasteiger partial charge is 0.220 e. The van der Waals surface area contributed by atoms with Crippen molar-refractivity contribution in [2.75, 3.05) is 19.8 Å². The van der Waals surface area contributed by atoms with Gasteiger partial charge in [0.1, 0.15) is 48.8 Å². The second kappa shape index (κ2) is 69.6. The van der Waals surface area contributed by atoms with E-state index >= 15 is 0 Å². The first-order valence-electron chi connectivity index (χ1n) is 40.7. The maximum atomic E-state index is 13.4. The fourth-order valence-corrected chi connectivity index (χ4v) is 12.3. The Morgan fingerprint density at radius 1 is 0.363 bits per heavy atom. The van der Waals surface area contributed by atoms with Gasteiger partial charge in [0.25, 0.3) is 0 Å². The Bertz CT molecular complexity index is 2330. The van der Waals surface area contributed by atoms with Crippen molar-refractivity contribution in [3.63, 3.8) is 0 Å². The number of aliphatic hydroxyl groups excluding tert-OH is 8. The number of hydrogen-bond acceptors (Lipinski definition) is 13. The van der Waals surface area contributed by atoms with Gasteiger partial charge >= 0.3 is 0 Å². The molecule has 14 heteroatoms. The summed E-state index contributed by atoms with van der Waals surface area (Å²) >= 11 is 0. The van der Waals surface area contributed by atoms with Gasteiger partial charge in [-0.3, -0.25) is 4.79 Å². The number of ether oxygens (including phenoxy) is 4. The summed E-state index contributed by atoms with van der Waals surface area (Å²) in [6.45, 7) is 2.68. The normalized spacial score (nSPS) is 22.5. The lowest BCUT2D eigenvalue weighted by molar-refractivity contribution is -0.359. The van der Waals surface area contributed by atoms with Gasteiger partial charge < -0.3 is 65.1 Å². The Kier molecular flexibility index (Phi) is 64.0. The first kappa shape index (κ1) is 93.7. The third kappa shape index (κ3) is 51.7. The van der Waals surface area contributed by atoms with E-state index < -0.39 is 86.8 Å². The summed E-state index contributed by atoms with van der Waals surface area (Å²) in [4.78, 5) is 13.4. The quantitative estimate of drug-likeness (QED) is 0.0204. The third-order valence-corrected chi connectivity index (χ3v) is 18.7. The molecule has 2 rings (SSSR count). The van der Waals surface area contributed by atoms with Crippen LogP contribution in [0.25, 0.3) is 0 Å². The second-order valence-corrected chi connectivity index (χ2v) is 27.8. The number of carbonyl (C=O) groups is 1. The molecule has 12 unspecified atom stereocenters. The fourth-order valence-electron chi connectivity index (χ4n) is 12.3. The van der Waals surface area contributed by atoms with Crippen LogP contribution in [0, 0.1) is 0 Å². The Balaban J connectivity index is 1.64. The highest BCUT2D eigenvalue weighted by atomic mass is 16.7. The lowest BCUT2D eigenvalue weighted by Gasteiger charge is -2.46. The van der Waals surface area contributed by atoms with Gasteiger partial charge in [0.15, 0.2) is 12.6 Å². The predicted octanol–water partition coefficient (Wildman–Crippen LogP) is 18.9.